The molecule has 0 aromatic heterocycles. The Morgan fingerprint density at radius 3 is 2.15 bits per heavy atom. The van der Waals surface area contributed by atoms with Crippen molar-refractivity contribution >= 4 is 5.97 Å². The van der Waals surface area contributed by atoms with Crippen molar-refractivity contribution in [3.8, 4) is 0 Å². The van der Waals surface area contributed by atoms with E-state index in [0.717, 1.165) is 13.1 Å². The maximum Gasteiger partial charge on any atom is 0.306 e. The van der Waals surface area contributed by atoms with Crippen LogP contribution in [-0.4, -0.2) is 46.3 Å². The van der Waals surface area contributed by atoms with E-state index in [1.54, 1.807) is 6.92 Å². The lowest BCUT2D eigenvalue weighted by Gasteiger charge is -2.28. The zero-order valence-corrected chi connectivity index (χ0v) is 8.58. The van der Waals surface area contributed by atoms with E-state index in [0.29, 0.717) is 6.54 Å². The van der Waals surface area contributed by atoms with Gasteiger partial charge in [0.25, 0.3) is 0 Å². The molecule has 13 heavy (non-hydrogen) atoms. The highest BCUT2D eigenvalue weighted by Crippen LogP contribution is 2.11. The summed E-state index contributed by atoms with van der Waals surface area (Å²) < 4.78 is 0. The molecule has 0 saturated heterocycles. The minimum atomic E-state index is -1.13. The standard InChI is InChI=1S/C9H19NO3/c1-4-10(5-2)7-9(3,13)6-8(11)12/h13H,4-7H2,1-3H3,(H,11,12). The minimum absolute atomic E-state index is 0.205. The van der Waals surface area contributed by atoms with Crippen LogP contribution in [0.15, 0.2) is 0 Å². The number of nitrogens with zero attached hydrogens (tertiary/aromatic N) is 1. The highest BCUT2D eigenvalue weighted by molar-refractivity contribution is 5.68. The summed E-state index contributed by atoms with van der Waals surface area (Å²) in [5.41, 5.74) is -1.13. The zero-order chi connectivity index (χ0) is 10.5. The molecule has 0 rings (SSSR count). The number of carboxylic acid groups (broad SMARTS) is 1. The highest BCUT2D eigenvalue weighted by Gasteiger charge is 2.25. The molecule has 1 atom stereocenters. The van der Waals surface area contributed by atoms with E-state index in [9.17, 15) is 9.90 Å². The Balaban J connectivity index is 4.05. The molecule has 0 aromatic rings. The second-order valence-corrected chi connectivity index (χ2v) is 3.53. The molecule has 4 heteroatoms. The fourth-order valence-corrected chi connectivity index (χ4v) is 1.31. The van der Waals surface area contributed by atoms with Gasteiger partial charge >= 0.3 is 5.97 Å². The van der Waals surface area contributed by atoms with E-state index in [1.165, 1.54) is 0 Å². The highest BCUT2D eigenvalue weighted by atomic mass is 16.4. The number of aliphatic hydroxyl groups is 1. The molecule has 0 bridgehead atoms. The van der Waals surface area contributed by atoms with E-state index in [-0.39, 0.29) is 6.42 Å². The first-order valence-electron chi connectivity index (χ1n) is 4.57. The molecule has 0 saturated carbocycles. The van der Waals surface area contributed by atoms with Gasteiger partial charge in [0.05, 0.1) is 12.0 Å². The third kappa shape index (κ3) is 5.60. The topological polar surface area (TPSA) is 60.8 Å². The first-order valence-corrected chi connectivity index (χ1v) is 4.57. The summed E-state index contributed by atoms with van der Waals surface area (Å²) in [5.74, 6) is -0.961. The first kappa shape index (κ1) is 12.4. The van der Waals surface area contributed by atoms with Crippen molar-refractivity contribution in [3.05, 3.63) is 0 Å². The number of hydrogen-bond donors (Lipinski definition) is 2. The molecule has 0 amide bonds. The minimum Gasteiger partial charge on any atom is -0.481 e. The molecule has 2 N–H and O–H groups in total. The van der Waals surface area contributed by atoms with Crippen LogP contribution in [0.25, 0.3) is 0 Å². The molecule has 0 aliphatic carbocycles. The lowest BCUT2D eigenvalue weighted by Crippen LogP contribution is -2.42. The molecule has 0 heterocycles. The second-order valence-electron chi connectivity index (χ2n) is 3.53. The molecular weight excluding hydrogens is 170 g/mol. The predicted molar refractivity (Wildman–Crippen MR) is 50.7 cm³/mol. The normalized spacial score (nSPS) is 15.8. The van der Waals surface area contributed by atoms with Gasteiger partial charge in [-0.25, -0.2) is 0 Å². The summed E-state index contributed by atoms with van der Waals surface area (Å²) in [6.07, 6.45) is -0.205. The molecule has 0 radical (unpaired) electrons. The van der Waals surface area contributed by atoms with Gasteiger partial charge in [-0.2, -0.15) is 0 Å². The summed E-state index contributed by atoms with van der Waals surface area (Å²) in [6, 6.07) is 0. The van der Waals surface area contributed by atoms with Gasteiger partial charge in [0, 0.05) is 6.54 Å². The Hall–Kier alpha value is -0.610. The molecular formula is C9H19NO3. The van der Waals surface area contributed by atoms with Gasteiger partial charge in [-0.05, 0) is 20.0 Å². The maximum absolute atomic E-state index is 10.4. The molecule has 0 aliphatic heterocycles. The van der Waals surface area contributed by atoms with Crippen LogP contribution in [0.2, 0.25) is 0 Å². The van der Waals surface area contributed by atoms with Crippen LogP contribution >= 0.6 is 0 Å². The van der Waals surface area contributed by atoms with Crippen molar-refractivity contribution in [1.82, 2.24) is 4.90 Å². The number of rotatable bonds is 6. The van der Waals surface area contributed by atoms with Gasteiger partial charge in [-0.3, -0.25) is 4.79 Å². The Morgan fingerprint density at radius 2 is 1.85 bits per heavy atom. The van der Waals surface area contributed by atoms with Crippen molar-refractivity contribution in [3.63, 3.8) is 0 Å². The van der Waals surface area contributed by atoms with E-state index >= 15 is 0 Å². The van der Waals surface area contributed by atoms with Crippen LogP contribution in [0.3, 0.4) is 0 Å². The quantitative estimate of drug-likeness (QED) is 0.640. The predicted octanol–water partition coefficient (Wildman–Crippen LogP) is 0.554. The number of aliphatic carboxylic acids is 1. The maximum atomic E-state index is 10.4. The van der Waals surface area contributed by atoms with E-state index in [4.69, 9.17) is 5.11 Å². The van der Waals surface area contributed by atoms with Crippen LogP contribution < -0.4 is 0 Å². The van der Waals surface area contributed by atoms with E-state index in [1.807, 2.05) is 18.7 Å². The number of carbonyl (C=O) groups is 1. The summed E-state index contributed by atoms with van der Waals surface area (Å²) in [6.45, 7) is 7.59. The Labute approximate surface area is 79.2 Å². The Morgan fingerprint density at radius 1 is 1.38 bits per heavy atom. The summed E-state index contributed by atoms with van der Waals surface area (Å²) in [7, 11) is 0. The third-order valence-electron chi connectivity index (χ3n) is 1.99. The van der Waals surface area contributed by atoms with Crippen LogP contribution in [0.1, 0.15) is 27.2 Å². The Bertz CT molecular complexity index is 164. The molecule has 0 spiro atoms. The van der Waals surface area contributed by atoms with Gasteiger partial charge in [0.1, 0.15) is 0 Å². The third-order valence-corrected chi connectivity index (χ3v) is 1.99. The van der Waals surface area contributed by atoms with Crippen LogP contribution in [0, 0.1) is 0 Å². The molecule has 0 fully saturated rings. The zero-order valence-electron chi connectivity index (χ0n) is 8.58. The largest absolute Gasteiger partial charge is 0.481 e. The van der Waals surface area contributed by atoms with Crippen molar-refractivity contribution < 1.29 is 15.0 Å². The van der Waals surface area contributed by atoms with Crippen molar-refractivity contribution in [2.75, 3.05) is 19.6 Å². The summed E-state index contributed by atoms with van der Waals surface area (Å²) in [4.78, 5) is 12.4. The molecule has 4 nitrogen and oxygen atoms in total. The average Bonchev–Trinajstić information content (AvgIpc) is 1.97. The van der Waals surface area contributed by atoms with Crippen molar-refractivity contribution in [2.45, 2.75) is 32.8 Å². The molecule has 1 unspecified atom stereocenters. The molecule has 0 aliphatic rings. The lowest BCUT2D eigenvalue weighted by molar-refractivity contribution is -0.142. The van der Waals surface area contributed by atoms with E-state index < -0.39 is 11.6 Å². The monoisotopic (exact) mass is 189 g/mol. The fourth-order valence-electron chi connectivity index (χ4n) is 1.31. The van der Waals surface area contributed by atoms with Gasteiger partial charge in [0.2, 0.25) is 0 Å². The average molecular weight is 189 g/mol. The van der Waals surface area contributed by atoms with Crippen LogP contribution in [0.4, 0.5) is 0 Å². The number of likely N-dealkylation sites (N-methyl/N-ethyl adjacent to an activating group) is 1. The van der Waals surface area contributed by atoms with Crippen LogP contribution in [-0.2, 0) is 4.79 Å². The van der Waals surface area contributed by atoms with E-state index in [2.05, 4.69) is 0 Å². The van der Waals surface area contributed by atoms with Crippen molar-refractivity contribution in [1.29, 1.82) is 0 Å². The number of carboxylic acids is 1. The first-order chi connectivity index (χ1) is 5.91. The van der Waals surface area contributed by atoms with Gasteiger partial charge in [-0.15, -0.1) is 0 Å². The Kier molecular flexibility index (Phi) is 4.95. The number of hydrogen-bond acceptors (Lipinski definition) is 3. The van der Waals surface area contributed by atoms with Crippen LogP contribution in [0.5, 0.6) is 0 Å². The van der Waals surface area contributed by atoms with Gasteiger partial charge in [-0.1, -0.05) is 13.8 Å². The second kappa shape index (κ2) is 5.19. The lowest BCUT2D eigenvalue weighted by atomic mass is 10.0. The van der Waals surface area contributed by atoms with Gasteiger partial charge in [0.15, 0.2) is 0 Å². The SMILES string of the molecule is CCN(CC)CC(C)(O)CC(=O)O. The fraction of sp³-hybridized carbons (Fsp3) is 0.889. The smallest absolute Gasteiger partial charge is 0.306 e. The summed E-state index contributed by atoms with van der Waals surface area (Å²) >= 11 is 0. The summed E-state index contributed by atoms with van der Waals surface area (Å²) in [5, 5.41) is 18.2. The molecule has 78 valence electrons. The molecule has 0 aromatic carbocycles. The van der Waals surface area contributed by atoms with Gasteiger partial charge < -0.3 is 15.1 Å². The van der Waals surface area contributed by atoms with Crippen molar-refractivity contribution in [2.24, 2.45) is 0 Å².